The summed E-state index contributed by atoms with van der Waals surface area (Å²) in [5, 5.41) is 0. The Hall–Kier alpha value is 0.860. The molecule has 0 saturated carbocycles. The van der Waals surface area contributed by atoms with Crippen molar-refractivity contribution in [3.05, 3.63) is 0 Å². The maximum atomic E-state index is 2.43. The van der Waals surface area contributed by atoms with Gasteiger partial charge in [0.15, 0.2) is 0 Å². The van der Waals surface area contributed by atoms with Crippen LogP contribution in [0.2, 0.25) is 0 Å². The van der Waals surface area contributed by atoms with E-state index in [2.05, 4.69) is 41.5 Å². The summed E-state index contributed by atoms with van der Waals surface area (Å²) in [4.78, 5) is 0. The molecule has 0 nitrogen and oxygen atoms in total. The Kier molecular flexibility index (Phi) is 10.2. The second-order valence-electron chi connectivity index (χ2n) is 5.13. The lowest BCUT2D eigenvalue weighted by Gasteiger charge is -2.38. The fourth-order valence-electron chi connectivity index (χ4n) is 2.59. The van der Waals surface area contributed by atoms with Crippen LogP contribution in [0.5, 0.6) is 0 Å². The van der Waals surface area contributed by atoms with Gasteiger partial charge >= 0.3 is 0 Å². The van der Waals surface area contributed by atoms with Gasteiger partial charge in [-0.1, -0.05) is 41.5 Å². The zero-order valence-electron chi connectivity index (χ0n) is 13.1. The molecule has 104 valence electrons. The van der Waals surface area contributed by atoms with Crippen LogP contribution < -0.4 is 0 Å². The SMILES string of the molecule is CCP(CC)CC(CC)(CC)CP(CC)CC. The molecule has 17 heavy (non-hydrogen) atoms. The molecule has 0 rings (SSSR count). The Balaban J connectivity index is 4.63. The first-order valence-electron chi connectivity index (χ1n) is 7.55. The van der Waals surface area contributed by atoms with Crippen LogP contribution in [0.1, 0.15) is 54.4 Å². The number of rotatable bonds is 10. The minimum atomic E-state index is 0.314. The number of hydrogen-bond acceptors (Lipinski definition) is 0. The van der Waals surface area contributed by atoms with Gasteiger partial charge in [0.25, 0.3) is 0 Å². The second-order valence-corrected chi connectivity index (χ2v) is 11.0. The Morgan fingerprint density at radius 1 is 0.588 bits per heavy atom. The molecule has 0 unspecified atom stereocenters. The molecule has 2 heteroatoms. The molecule has 0 aliphatic heterocycles. The molecule has 0 aromatic carbocycles. The molecule has 0 fully saturated rings. The van der Waals surface area contributed by atoms with Crippen molar-refractivity contribution in [3.8, 4) is 0 Å². The van der Waals surface area contributed by atoms with E-state index in [9.17, 15) is 0 Å². The highest BCUT2D eigenvalue weighted by Gasteiger charge is 2.30. The van der Waals surface area contributed by atoms with Crippen molar-refractivity contribution < 1.29 is 0 Å². The predicted octanol–water partition coefficient (Wildman–Crippen LogP) is 5.84. The van der Waals surface area contributed by atoms with Crippen LogP contribution >= 0.6 is 15.8 Å². The molecule has 0 atom stereocenters. The topological polar surface area (TPSA) is 0 Å². The summed E-state index contributed by atoms with van der Waals surface area (Å²) in [7, 11) is 0.628. The van der Waals surface area contributed by atoms with Crippen LogP contribution in [0.3, 0.4) is 0 Å². The summed E-state index contributed by atoms with van der Waals surface area (Å²) in [5.41, 5.74) is 0.690. The van der Waals surface area contributed by atoms with Crippen LogP contribution in [0.15, 0.2) is 0 Å². The fraction of sp³-hybridized carbons (Fsp3) is 1.00. The molecular weight excluding hydrogens is 242 g/mol. The third kappa shape index (κ3) is 6.02. The average molecular weight is 276 g/mol. The summed E-state index contributed by atoms with van der Waals surface area (Å²) >= 11 is 0. The minimum absolute atomic E-state index is 0.314. The van der Waals surface area contributed by atoms with Gasteiger partial charge in [0, 0.05) is 0 Å². The van der Waals surface area contributed by atoms with Crippen LogP contribution in [0.25, 0.3) is 0 Å². The molecule has 0 saturated heterocycles. The van der Waals surface area contributed by atoms with E-state index in [1.807, 2.05) is 0 Å². The fourth-order valence-corrected chi connectivity index (χ4v) is 7.57. The van der Waals surface area contributed by atoms with Gasteiger partial charge in [0.1, 0.15) is 0 Å². The average Bonchev–Trinajstić information content (AvgIpc) is 2.40. The maximum Gasteiger partial charge on any atom is -0.0224 e. The summed E-state index contributed by atoms with van der Waals surface area (Å²) < 4.78 is 0. The lowest BCUT2D eigenvalue weighted by molar-refractivity contribution is 0.351. The van der Waals surface area contributed by atoms with Crippen molar-refractivity contribution in [2.24, 2.45) is 5.41 Å². The van der Waals surface area contributed by atoms with Crippen molar-refractivity contribution >= 4 is 15.8 Å². The van der Waals surface area contributed by atoms with Gasteiger partial charge in [-0.3, -0.25) is 0 Å². The zero-order chi connectivity index (χ0) is 13.3. The maximum absolute atomic E-state index is 2.43. The minimum Gasteiger partial charge on any atom is -0.107 e. The highest BCUT2D eigenvalue weighted by Crippen LogP contribution is 2.50. The van der Waals surface area contributed by atoms with Crippen molar-refractivity contribution in [1.82, 2.24) is 0 Å². The Bertz CT molecular complexity index is 152. The Morgan fingerprint density at radius 2 is 0.882 bits per heavy atom. The standard InChI is InChI=1S/C15H34P2/c1-7-15(8-2,13-16(9-3)10-4)14-17(11-5)12-6/h7-14H2,1-6H3. The monoisotopic (exact) mass is 276 g/mol. The quantitative estimate of drug-likeness (QED) is 0.440. The van der Waals surface area contributed by atoms with E-state index in [-0.39, 0.29) is 0 Å². The molecule has 0 amide bonds. The van der Waals surface area contributed by atoms with E-state index < -0.39 is 0 Å². The Labute approximate surface area is 113 Å². The first-order valence-corrected chi connectivity index (χ1v) is 11.3. The normalized spacial score (nSPS) is 12.7. The van der Waals surface area contributed by atoms with Crippen LogP contribution in [-0.4, -0.2) is 37.0 Å². The number of hydrogen-bond donors (Lipinski definition) is 0. The van der Waals surface area contributed by atoms with Gasteiger partial charge in [-0.05, 0) is 55.2 Å². The van der Waals surface area contributed by atoms with E-state index in [1.165, 1.54) is 37.5 Å². The van der Waals surface area contributed by atoms with E-state index >= 15 is 0 Å². The summed E-state index contributed by atoms with van der Waals surface area (Å²) in [6.07, 6.45) is 11.6. The van der Waals surface area contributed by atoms with Crippen molar-refractivity contribution in [2.75, 3.05) is 37.0 Å². The third-order valence-corrected chi connectivity index (χ3v) is 10.2. The van der Waals surface area contributed by atoms with E-state index in [0.29, 0.717) is 21.3 Å². The molecule has 0 aromatic rings. The lowest BCUT2D eigenvalue weighted by Crippen LogP contribution is -2.28. The van der Waals surface area contributed by atoms with Crippen LogP contribution in [0, 0.1) is 5.41 Å². The summed E-state index contributed by atoms with van der Waals surface area (Å²) in [6, 6.07) is 0. The Morgan fingerprint density at radius 3 is 1.06 bits per heavy atom. The highest BCUT2D eigenvalue weighted by molar-refractivity contribution is 7.58. The molecule has 0 spiro atoms. The van der Waals surface area contributed by atoms with Gasteiger partial charge < -0.3 is 0 Å². The van der Waals surface area contributed by atoms with Crippen molar-refractivity contribution in [1.29, 1.82) is 0 Å². The van der Waals surface area contributed by atoms with Crippen LogP contribution in [-0.2, 0) is 0 Å². The van der Waals surface area contributed by atoms with Crippen molar-refractivity contribution in [3.63, 3.8) is 0 Å². The molecule has 0 heterocycles. The van der Waals surface area contributed by atoms with Gasteiger partial charge in [0.2, 0.25) is 0 Å². The smallest absolute Gasteiger partial charge is 0.0224 e. The molecule has 0 aliphatic rings. The highest BCUT2D eigenvalue weighted by atomic mass is 31.1. The summed E-state index contributed by atoms with van der Waals surface area (Å²) in [5.74, 6) is 0. The molecule has 0 aromatic heterocycles. The third-order valence-electron chi connectivity index (χ3n) is 4.41. The molecule has 0 radical (unpaired) electrons. The van der Waals surface area contributed by atoms with Crippen molar-refractivity contribution in [2.45, 2.75) is 54.4 Å². The summed E-state index contributed by atoms with van der Waals surface area (Å²) in [6.45, 7) is 14.4. The lowest BCUT2D eigenvalue weighted by atomic mass is 9.87. The predicted molar refractivity (Wildman–Crippen MR) is 88.8 cm³/mol. The first kappa shape index (κ1) is 17.9. The van der Waals surface area contributed by atoms with E-state index in [0.717, 1.165) is 0 Å². The molecule has 0 N–H and O–H groups in total. The van der Waals surface area contributed by atoms with Gasteiger partial charge in [-0.2, -0.15) is 0 Å². The zero-order valence-corrected chi connectivity index (χ0v) is 14.8. The molecular formula is C15H34P2. The van der Waals surface area contributed by atoms with E-state index in [4.69, 9.17) is 0 Å². The van der Waals surface area contributed by atoms with Crippen LogP contribution in [0.4, 0.5) is 0 Å². The van der Waals surface area contributed by atoms with E-state index in [1.54, 1.807) is 12.3 Å². The van der Waals surface area contributed by atoms with Gasteiger partial charge in [0.05, 0.1) is 0 Å². The first-order chi connectivity index (χ1) is 8.11. The second kappa shape index (κ2) is 9.75. The molecule has 0 bridgehead atoms. The van der Waals surface area contributed by atoms with Gasteiger partial charge in [-0.25, -0.2) is 0 Å². The van der Waals surface area contributed by atoms with Gasteiger partial charge in [-0.15, -0.1) is 15.8 Å². The largest absolute Gasteiger partial charge is 0.107 e. The molecule has 0 aliphatic carbocycles.